The molecular formula is C44H43F4N7O6S. The molecule has 3 N–H and O–H groups in total. The Bertz CT molecular complexity index is 2680. The van der Waals surface area contributed by atoms with E-state index in [1.165, 1.54) is 42.2 Å². The maximum absolute atomic E-state index is 14.9. The van der Waals surface area contributed by atoms with E-state index in [1.807, 2.05) is 0 Å². The summed E-state index contributed by atoms with van der Waals surface area (Å²) in [6, 6.07) is 21.5. The molecule has 62 heavy (non-hydrogen) atoms. The Hall–Kier alpha value is -6.61. The molecule has 4 aromatic carbocycles. The summed E-state index contributed by atoms with van der Waals surface area (Å²) in [6.07, 6.45) is -2.12. The van der Waals surface area contributed by atoms with Crippen LogP contribution in [0.5, 0.6) is 0 Å². The highest BCUT2D eigenvalue weighted by atomic mass is 32.2. The lowest BCUT2D eigenvalue weighted by atomic mass is 10.0. The average Bonchev–Trinajstić information content (AvgIpc) is 3.26. The lowest BCUT2D eigenvalue weighted by Crippen LogP contribution is -2.50. The molecule has 1 aliphatic heterocycles. The van der Waals surface area contributed by atoms with E-state index in [1.54, 1.807) is 47.4 Å². The molecule has 1 fully saturated rings. The van der Waals surface area contributed by atoms with Gasteiger partial charge in [0.2, 0.25) is 11.8 Å². The fraction of sp³-hybridized carbons (Fsp3) is 0.318. The van der Waals surface area contributed by atoms with Crippen molar-refractivity contribution in [1.82, 2.24) is 20.0 Å². The van der Waals surface area contributed by atoms with E-state index in [0.717, 1.165) is 25.0 Å². The molecule has 0 bridgehead atoms. The molecular weight excluding hydrogens is 831 g/mol. The smallest absolute Gasteiger partial charge is 0.385 e. The molecule has 0 saturated carbocycles. The van der Waals surface area contributed by atoms with Crippen LogP contribution in [0.1, 0.15) is 65.3 Å². The van der Waals surface area contributed by atoms with Crippen LogP contribution in [0.2, 0.25) is 0 Å². The number of fused-ring (bicyclic) bond motifs is 1. The largest absolute Gasteiger partial charge is 0.417 e. The summed E-state index contributed by atoms with van der Waals surface area (Å²) in [5.74, 6) is -3.65. The quantitative estimate of drug-likeness (QED) is 0.0776. The van der Waals surface area contributed by atoms with Crippen molar-refractivity contribution in [2.45, 2.75) is 50.1 Å². The number of alkyl halides is 3. The number of aromatic nitrogens is 2. The molecule has 0 spiro atoms. The van der Waals surface area contributed by atoms with Gasteiger partial charge in [-0.05, 0) is 79.1 Å². The first-order valence-corrected chi connectivity index (χ1v) is 21.5. The number of anilines is 2. The first-order chi connectivity index (χ1) is 29.5. The number of aromatic amines is 1. The molecule has 3 amide bonds. The van der Waals surface area contributed by atoms with Gasteiger partial charge in [-0.1, -0.05) is 37.6 Å². The van der Waals surface area contributed by atoms with Gasteiger partial charge in [-0.2, -0.15) is 23.5 Å². The van der Waals surface area contributed by atoms with Gasteiger partial charge in [0.25, 0.3) is 11.5 Å². The average molecular weight is 874 g/mol. The number of halogens is 4. The minimum absolute atomic E-state index is 0.0311. The van der Waals surface area contributed by atoms with Gasteiger partial charge < -0.3 is 20.4 Å². The number of H-pyrrole nitrogens is 1. The Labute approximate surface area is 354 Å². The number of amides is 3. The van der Waals surface area contributed by atoms with Crippen LogP contribution in [0.25, 0.3) is 10.8 Å². The number of rotatable bonds is 15. The first kappa shape index (κ1) is 44.9. The van der Waals surface area contributed by atoms with Crippen LogP contribution in [0.15, 0.2) is 94.6 Å². The molecule has 2 heterocycles. The number of piperazine rings is 1. The van der Waals surface area contributed by atoms with Crippen molar-refractivity contribution >= 4 is 49.7 Å². The standard InChI is InChI=1S/C44H43F4N7O6S/c1-28(41(57)51-32-12-11-30(26-49)37(25-32)44(46,47)48)27-62(60,61)33-15-13-31(14-16-33)50-18-6-2-3-9-40(56)54-19-21-55(22-20-54)43(59)36-23-29(10-17-38(36)45)24-39-34-7-4-5-8-35(34)42(58)53-52-39/h4-5,7-8,10-17,23,25,28,50H,2-3,6,9,18-22,24,27H2,1H3,(H,51,57)(H,53,58)/t28-/m1/s1. The number of unbranched alkanes of at least 4 members (excludes halogenated alkanes) is 2. The maximum atomic E-state index is 14.9. The summed E-state index contributed by atoms with van der Waals surface area (Å²) in [4.78, 5) is 54.4. The predicted octanol–water partition coefficient (Wildman–Crippen LogP) is 6.55. The monoisotopic (exact) mass is 873 g/mol. The summed E-state index contributed by atoms with van der Waals surface area (Å²) in [7, 11) is -3.94. The summed E-state index contributed by atoms with van der Waals surface area (Å²) in [5.41, 5.74) is -0.519. The molecule has 1 atom stereocenters. The van der Waals surface area contributed by atoms with E-state index in [-0.39, 0.29) is 47.1 Å². The molecule has 1 aliphatic rings. The fourth-order valence-corrected chi connectivity index (χ4v) is 8.70. The summed E-state index contributed by atoms with van der Waals surface area (Å²) in [5, 5.41) is 22.3. The molecule has 0 aliphatic carbocycles. The first-order valence-electron chi connectivity index (χ1n) is 19.8. The van der Waals surface area contributed by atoms with Crippen LogP contribution >= 0.6 is 0 Å². The van der Waals surface area contributed by atoms with Gasteiger partial charge in [-0.15, -0.1) is 0 Å². The number of nitriles is 1. The molecule has 5 aromatic rings. The predicted molar refractivity (Wildman–Crippen MR) is 223 cm³/mol. The molecule has 1 aromatic heterocycles. The van der Waals surface area contributed by atoms with Crippen LogP contribution in [0, 0.1) is 23.1 Å². The van der Waals surface area contributed by atoms with E-state index >= 15 is 0 Å². The third kappa shape index (κ3) is 11.0. The Kier molecular flexibility index (Phi) is 14.1. The number of nitrogens with zero attached hydrogens (tertiary/aromatic N) is 4. The highest BCUT2D eigenvalue weighted by Gasteiger charge is 2.34. The third-order valence-electron chi connectivity index (χ3n) is 10.6. The number of hydrogen-bond acceptors (Lipinski definition) is 9. The van der Waals surface area contributed by atoms with Gasteiger partial charge in [-0.25, -0.2) is 17.9 Å². The second-order valence-corrected chi connectivity index (χ2v) is 17.0. The van der Waals surface area contributed by atoms with Gasteiger partial charge in [0.1, 0.15) is 5.82 Å². The molecule has 18 heteroatoms. The van der Waals surface area contributed by atoms with Crippen molar-refractivity contribution in [3.63, 3.8) is 0 Å². The Morgan fingerprint density at radius 2 is 1.56 bits per heavy atom. The molecule has 0 radical (unpaired) electrons. The van der Waals surface area contributed by atoms with E-state index in [9.17, 15) is 45.2 Å². The molecule has 0 unspecified atom stereocenters. The van der Waals surface area contributed by atoms with Crippen molar-refractivity contribution in [3.8, 4) is 6.07 Å². The Balaban J connectivity index is 0.894. The number of nitrogens with one attached hydrogen (secondary N) is 3. The number of sulfone groups is 1. The van der Waals surface area contributed by atoms with Gasteiger partial charge in [-0.3, -0.25) is 19.2 Å². The minimum atomic E-state index is -4.82. The van der Waals surface area contributed by atoms with Crippen LogP contribution < -0.4 is 16.2 Å². The van der Waals surface area contributed by atoms with Crippen molar-refractivity contribution in [2.24, 2.45) is 5.92 Å². The highest BCUT2D eigenvalue weighted by molar-refractivity contribution is 7.91. The number of carbonyl (C=O) groups excluding carboxylic acids is 3. The van der Waals surface area contributed by atoms with Crippen molar-refractivity contribution < 1.29 is 40.4 Å². The van der Waals surface area contributed by atoms with Gasteiger partial charge in [0.15, 0.2) is 9.84 Å². The topological polar surface area (TPSA) is 185 Å². The summed E-state index contributed by atoms with van der Waals surface area (Å²) >= 11 is 0. The normalized spacial score (nSPS) is 13.7. The SMILES string of the molecule is C[C@H](CS(=O)(=O)c1ccc(NCCCCCC(=O)N2CCN(C(=O)c3cc(Cc4n[nH]c(=O)c5ccccc45)ccc3F)CC2)cc1)C(=O)Nc1ccc(C#N)c(C(F)(F)F)c1. The lowest BCUT2D eigenvalue weighted by Gasteiger charge is -2.35. The van der Waals surface area contributed by atoms with Gasteiger partial charge >= 0.3 is 6.18 Å². The lowest BCUT2D eigenvalue weighted by molar-refractivity contribution is -0.137. The van der Waals surface area contributed by atoms with Crippen molar-refractivity contribution in [2.75, 3.05) is 49.1 Å². The van der Waals surface area contributed by atoms with Gasteiger partial charge in [0, 0.05) is 68.2 Å². The van der Waals surface area contributed by atoms with Crippen molar-refractivity contribution in [1.29, 1.82) is 5.26 Å². The Morgan fingerprint density at radius 1 is 0.887 bits per heavy atom. The number of benzene rings is 4. The second kappa shape index (κ2) is 19.4. The highest BCUT2D eigenvalue weighted by Crippen LogP contribution is 2.34. The maximum Gasteiger partial charge on any atom is 0.417 e. The minimum Gasteiger partial charge on any atom is -0.385 e. The number of carbonyl (C=O) groups is 3. The molecule has 6 rings (SSSR count). The second-order valence-electron chi connectivity index (χ2n) is 15.0. The molecule has 324 valence electrons. The van der Waals surface area contributed by atoms with E-state index in [4.69, 9.17) is 5.26 Å². The zero-order chi connectivity index (χ0) is 44.6. The van der Waals surface area contributed by atoms with E-state index in [2.05, 4.69) is 20.8 Å². The van der Waals surface area contributed by atoms with Crippen LogP contribution in [0.3, 0.4) is 0 Å². The van der Waals surface area contributed by atoms with E-state index < -0.39 is 56.4 Å². The van der Waals surface area contributed by atoms with Gasteiger partial charge in [0.05, 0.1) is 44.5 Å². The Morgan fingerprint density at radius 3 is 2.26 bits per heavy atom. The molecule has 13 nitrogen and oxygen atoms in total. The van der Waals surface area contributed by atoms with E-state index in [0.29, 0.717) is 66.3 Å². The zero-order valence-corrected chi connectivity index (χ0v) is 34.4. The van der Waals surface area contributed by atoms with Crippen LogP contribution in [-0.4, -0.2) is 84.6 Å². The van der Waals surface area contributed by atoms with Crippen LogP contribution in [-0.2, 0) is 32.0 Å². The fourth-order valence-electron chi connectivity index (χ4n) is 7.14. The zero-order valence-electron chi connectivity index (χ0n) is 33.6. The summed E-state index contributed by atoms with van der Waals surface area (Å²) in [6.45, 7) is 3.06. The number of hydrogen-bond donors (Lipinski definition) is 3. The molecule has 1 saturated heterocycles. The third-order valence-corrected chi connectivity index (χ3v) is 12.5. The summed E-state index contributed by atoms with van der Waals surface area (Å²) < 4.78 is 80.9. The van der Waals surface area contributed by atoms with Crippen molar-refractivity contribution in [3.05, 3.63) is 129 Å². The van der Waals surface area contributed by atoms with Crippen LogP contribution in [0.4, 0.5) is 28.9 Å².